The minimum absolute atomic E-state index is 0.0364. The maximum atomic E-state index is 12.5. The van der Waals surface area contributed by atoms with Crippen LogP contribution in [-0.4, -0.2) is 47.9 Å². The molecule has 0 spiro atoms. The van der Waals surface area contributed by atoms with E-state index in [9.17, 15) is 4.79 Å². The predicted octanol–water partition coefficient (Wildman–Crippen LogP) is 3.25. The van der Waals surface area contributed by atoms with Crippen molar-refractivity contribution in [1.29, 1.82) is 0 Å². The van der Waals surface area contributed by atoms with Crippen LogP contribution in [0.15, 0.2) is 28.7 Å². The number of hydrogen-bond acceptors (Lipinski definition) is 3. The van der Waals surface area contributed by atoms with E-state index in [2.05, 4.69) is 18.7 Å². The highest BCUT2D eigenvalue weighted by Crippen LogP contribution is 2.24. The Balaban J connectivity index is 1.75. The quantitative estimate of drug-likeness (QED) is 0.854. The lowest BCUT2D eigenvalue weighted by Crippen LogP contribution is -2.50. The third-order valence-electron chi connectivity index (χ3n) is 4.02. The predicted molar refractivity (Wildman–Crippen MR) is 83.8 cm³/mol. The van der Waals surface area contributed by atoms with Crippen molar-refractivity contribution in [1.82, 2.24) is 9.80 Å². The summed E-state index contributed by atoms with van der Waals surface area (Å²) in [4.78, 5) is 16.7. The zero-order chi connectivity index (χ0) is 15.0. The number of piperazine rings is 1. The molecule has 0 atom stereocenters. The third kappa shape index (κ3) is 2.92. The number of amides is 1. The summed E-state index contributed by atoms with van der Waals surface area (Å²) in [5.41, 5.74) is 0.698. The fourth-order valence-electron chi connectivity index (χ4n) is 2.72. The van der Waals surface area contributed by atoms with Gasteiger partial charge in [-0.15, -0.1) is 0 Å². The lowest BCUT2D eigenvalue weighted by atomic mass is 10.2. The molecular formula is C16H19ClN2O2. The third-order valence-corrected chi connectivity index (χ3v) is 4.26. The SMILES string of the molecule is CC(C)N1CCN(C(=O)c2cc3cc(Cl)ccc3o2)CC1. The first-order valence-electron chi connectivity index (χ1n) is 7.27. The van der Waals surface area contributed by atoms with Crippen molar-refractivity contribution >= 4 is 28.5 Å². The van der Waals surface area contributed by atoms with Crippen LogP contribution in [-0.2, 0) is 0 Å². The Bertz CT molecular complexity index is 657. The van der Waals surface area contributed by atoms with Crippen molar-refractivity contribution in [2.75, 3.05) is 26.2 Å². The fourth-order valence-corrected chi connectivity index (χ4v) is 2.90. The van der Waals surface area contributed by atoms with Crippen LogP contribution in [0.5, 0.6) is 0 Å². The average Bonchev–Trinajstić information content (AvgIpc) is 2.89. The van der Waals surface area contributed by atoms with Gasteiger partial charge in [0.05, 0.1) is 0 Å². The molecule has 0 aliphatic carbocycles. The smallest absolute Gasteiger partial charge is 0.289 e. The number of furan rings is 1. The van der Waals surface area contributed by atoms with Gasteiger partial charge in [-0.25, -0.2) is 0 Å². The van der Waals surface area contributed by atoms with Crippen LogP contribution in [0, 0.1) is 0 Å². The van der Waals surface area contributed by atoms with E-state index in [0.717, 1.165) is 31.6 Å². The Hall–Kier alpha value is -1.52. The van der Waals surface area contributed by atoms with Gasteiger partial charge in [-0.2, -0.15) is 0 Å². The number of carbonyl (C=O) groups excluding carboxylic acids is 1. The van der Waals surface area contributed by atoms with Gasteiger partial charge in [-0.05, 0) is 38.1 Å². The Labute approximate surface area is 129 Å². The Morgan fingerprint density at radius 3 is 2.57 bits per heavy atom. The highest BCUT2D eigenvalue weighted by atomic mass is 35.5. The van der Waals surface area contributed by atoms with Gasteiger partial charge in [0.15, 0.2) is 5.76 Å². The van der Waals surface area contributed by atoms with Crippen LogP contribution in [0.3, 0.4) is 0 Å². The molecule has 1 aliphatic heterocycles. The highest BCUT2D eigenvalue weighted by molar-refractivity contribution is 6.31. The lowest BCUT2D eigenvalue weighted by molar-refractivity contribution is 0.0568. The molecule has 4 nitrogen and oxygen atoms in total. The van der Waals surface area contributed by atoms with E-state index >= 15 is 0 Å². The molecule has 0 saturated carbocycles. The molecule has 2 heterocycles. The summed E-state index contributed by atoms with van der Waals surface area (Å²) in [6.07, 6.45) is 0. The lowest BCUT2D eigenvalue weighted by Gasteiger charge is -2.36. The Morgan fingerprint density at radius 1 is 1.19 bits per heavy atom. The van der Waals surface area contributed by atoms with Gasteiger partial charge >= 0.3 is 0 Å². The second-order valence-corrected chi connectivity index (χ2v) is 6.15. The summed E-state index contributed by atoms with van der Waals surface area (Å²) < 4.78 is 5.65. The fraction of sp³-hybridized carbons (Fsp3) is 0.438. The maximum absolute atomic E-state index is 12.5. The number of rotatable bonds is 2. The molecule has 1 amide bonds. The van der Waals surface area contributed by atoms with Gasteiger partial charge in [-0.3, -0.25) is 9.69 Å². The van der Waals surface area contributed by atoms with Crippen molar-refractivity contribution in [3.8, 4) is 0 Å². The van der Waals surface area contributed by atoms with Gasteiger partial charge in [0, 0.05) is 42.6 Å². The molecule has 0 bridgehead atoms. The molecule has 1 saturated heterocycles. The first-order chi connectivity index (χ1) is 10.0. The number of halogens is 1. The molecule has 3 rings (SSSR count). The van der Waals surface area contributed by atoms with Crippen LogP contribution in [0.2, 0.25) is 5.02 Å². The van der Waals surface area contributed by atoms with Crippen molar-refractivity contribution in [2.45, 2.75) is 19.9 Å². The molecule has 21 heavy (non-hydrogen) atoms. The normalized spacial score (nSPS) is 16.9. The van der Waals surface area contributed by atoms with Gasteiger partial charge < -0.3 is 9.32 Å². The number of carbonyl (C=O) groups is 1. The second kappa shape index (κ2) is 5.70. The molecule has 5 heteroatoms. The van der Waals surface area contributed by atoms with Crippen LogP contribution >= 0.6 is 11.6 Å². The molecule has 1 aromatic carbocycles. The molecular weight excluding hydrogens is 288 g/mol. The van der Waals surface area contributed by atoms with Crippen LogP contribution in [0.4, 0.5) is 0 Å². The summed E-state index contributed by atoms with van der Waals surface area (Å²) in [6, 6.07) is 7.68. The van der Waals surface area contributed by atoms with Crippen LogP contribution in [0.25, 0.3) is 11.0 Å². The zero-order valence-corrected chi connectivity index (χ0v) is 13.1. The van der Waals surface area contributed by atoms with E-state index in [1.807, 2.05) is 11.0 Å². The minimum Gasteiger partial charge on any atom is -0.451 e. The molecule has 1 aromatic heterocycles. The summed E-state index contributed by atoms with van der Waals surface area (Å²) in [5, 5.41) is 1.51. The van der Waals surface area contributed by atoms with Gasteiger partial charge in [0.2, 0.25) is 0 Å². The Morgan fingerprint density at radius 2 is 1.90 bits per heavy atom. The molecule has 2 aromatic rings. The number of benzene rings is 1. The maximum Gasteiger partial charge on any atom is 0.289 e. The van der Waals surface area contributed by atoms with E-state index in [-0.39, 0.29) is 5.91 Å². The number of fused-ring (bicyclic) bond motifs is 1. The molecule has 1 aliphatic rings. The molecule has 0 unspecified atom stereocenters. The molecule has 1 fully saturated rings. The van der Waals surface area contributed by atoms with Crippen LogP contribution in [0.1, 0.15) is 24.4 Å². The second-order valence-electron chi connectivity index (χ2n) is 5.71. The summed E-state index contributed by atoms with van der Waals surface area (Å²) in [7, 11) is 0. The minimum atomic E-state index is -0.0364. The van der Waals surface area contributed by atoms with Crippen molar-refractivity contribution < 1.29 is 9.21 Å². The zero-order valence-electron chi connectivity index (χ0n) is 12.3. The molecule has 0 radical (unpaired) electrons. The number of hydrogen-bond donors (Lipinski definition) is 0. The number of nitrogens with zero attached hydrogens (tertiary/aromatic N) is 2. The van der Waals surface area contributed by atoms with Gasteiger partial charge in [0.1, 0.15) is 5.58 Å². The van der Waals surface area contributed by atoms with Crippen molar-refractivity contribution in [3.63, 3.8) is 0 Å². The van der Waals surface area contributed by atoms with E-state index in [1.165, 1.54) is 0 Å². The van der Waals surface area contributed by atoms with Gasteiger partial charge in [0.25, 0.3) is 5.91 Å². The topological polar surface area (TPSA) is 36.7 Å². The molecule has 112 valence electrons. The average molecular weight is 307 g/mol. The molecule has 0 N–H and O–H groups in total. The van der Waals surface area contributed by atoms with Crippen LogP contribution < -0.4 is 0 Å². The van der Waals surface area contributed by atoms with Crippen molar-refractivity contribution in [2.24, 2.45) is 0 Å². The summed E-state index contributed by atoms with van der Waals surface area (Å²) in [5.74, 6) is 0.357. The Kier molecular flexibility index (Phi) is 3.91. The van der Waals surface area contributed by atoms with E-state index in [0.29, 0.717) is 22.4 Å². The monoisotopic (exact) mass is 306 g/mol. The van der Waals surface area contributed by atoms with E-state index < -0.39 is 0 Å². The standard InChI is InChI=1S/C16H19ClN2O2/c1-11(2)18-5-7-19(8-6-18)16(20)15-10-12-9-13(17)3-4-14(12)21-15/h3-4,9-11H,5-8H2,1-2H3. The van der Waals surface area contributed by atoms with E-state index in [4.69, 9.17) is 16.0 Å². The summed E-state index contributed by atoms with van der Waals surface area (Å²) in [6.45, 7) is 7.68. The first-order valence-corrected chi connectivity index (χ1v) is 7.65. The summed E-state index contributed by atoms with van der Waals surface area (Å²) >= 11 is 5.96. The van der Waals surface area contributed by atoms with Crippen molar-refractivity contribution in [3.05, 3.63) is 35.0 Å². The largest absolute Gasteiger partial charge is 0.451 e. The van der Waals surface area contributed by atoms with Gasteiger partial charge in [-0.1, -0.05) is 11.6 Å². The van der Waals surface area contributed by atoms with E-state index in [1.54, 1.807) is 18.2 Å². The first kappa shape index (κ1) is 14.4. The highest BCUT2D eigenvalue weighted by Gasteiger charge is 2.25.